The summed E-state index contributed by atoms with van der Waals surface area (Å²) in [5.74, 6) is 0. The first-order valence-corrected chi connectivity index (χ1v) is 5.45. The lowest BCUT2D eigenvalue weighted by atomic mass is 10.1. The molecule has 0 atom stereocenters. The van der Waals surface area contributed by atoms with Gasteiger partial charge in [-0.2, -0.15) is 0 Å². The van der Waals surface area contributed by atoms with Crippen molar-refractivity contribution < 1.29 is 0 Å². The maximum Gasteiger partial charge on any atom is 0.198 e. The molecule has 0 amide bonds. The van der Waals surface area contributed by atoms with E-state index in [1.165, 1.54) is 0 Å². The summed E-state index contributed by atoms with van der Waals surface area (Å²) in [7, 11) is 0. The van der Waals surface area contributed by atoms with Crippen LogP contribution in [0.15, 0.2) is 52.2 Å². The fraction of sp³-hybridized carbons (Fsp3) is 0. The highest BCUT2D eigenvalue weighted by molar-refractivity contribution is 7.80. The zero-order valence-electron chi connectivity index (χ0n) is 8.40. The Kier molecular flexibility index (Phi) is 2.01. The van der Waals surface area contributed by atoms with Crippen molar-refractivity contribution in [3.8, 4) is 0 Å². The zero-order valence-corrected chi connectivity index (χ0v) is 9.29. The quantitative estimate of drug-likeness (QED) is 0.449. The van der Waals surface area contributed by atoms with Crippen molar-refractivity contribution in [3.05, 3.63) is 52.7 Å². The van der Waals surface area contributed by atoms with E-state index in [-0.39, 0.29) is 5.43 Å². The molecule has 16 heavy (non-hydrogen) atoms. The predicted molar refractivity (Wildman–Crippen MR) is 69.3 cm³/mol. The van der Waals surface area contributed by atoms with Crippen LogP contribution in [-0.4, -0.2) is 4.98 Å². The number of H-pyrrole nitrogens is 1. The van der Waals surface area contributed by atoms with Crippen LogP contribution in [0, 0.1) is 0 Å². The Morgan fingerprint density at radius 1 is 0.938 bits per heavy atom. The fourth-order valence-corrected chi connectivity index (χ4v) is 2.26. The van der Waals surface area contributed by atoms with E-state index in [1.807, 2.05) is 42.5 Å². The number of pyridine rings is 1. The van der Waals surface area contributed by atoms with Crippen LogP contribution >= 0.6 is 12.6 Å². The third-order valence-electron chi connectivity index (χ3n) is 2.71. The van der Waals surface area contributed by atoms with E-state index in [4.69, 9.17) is 0 Å². The number of aromatic amines is 1. The van der Waals surface area contributed by atoms with E-state index in [9.17, 15) is 4.79 Å². The standard InChI is InChI=1S/C13H9NOS/c15-13-8-4-1-2-5-9(8)14-10-6-3-7-11(16)12(10)13/h1-7,16H,(H,14,15). The molecule has 0 saturated carbocycles. The Hall–Kier alpha value is -1.74. The maximum atomic E-state index is 12.2. The van der Waals surface area contributed by atoms with Gasteiger partial charge in [-0.05, 0) is 24.3 Å². The zero-order chi connectivity index (χ0) is 11.1. The van der Waals surface area contributed by atoms with Crippen LogP contribution in [0.4, 0.5) is 0 Å². The first-order chi connectivity index (χ1) is 7.77. The van der Waals surface area contributed by atoms with Gasteiger partial charge >= 0.3 is 0 Å². The molecular formula is C13H9NOS. The highest BCUT2D eigenvalue weighted by Gasteiger charge is 2.06. The van der Waals surface area contributed by atoms with Crippen molar-refractivity contribution in [1.82, 2.24) is 4.98 Å². The molecule has 0 bridgehead atoms. The van der Waals surface area contributed by atoms with Crippen molar-refractivity contribution in [2.24, 2.45) is 0 Å². The normalized spacial score (nSPS) is 11.1. The van der Waals surface area contributed by atoms with E-state index in [2.05, 4.69) is 17.6 Å². The van der Waals surface area contributed by atoms with E-state index < -0.39 is 0 Å². The number of nitrogens with one attached hydrogen (secondary N) is 1. The van der Waals surface area contributed by atoms with Gasteiger partial charge in [0.05, 0.1) is 10.9 Å². The summed E-state index contributed by atoms with van der Waals surface area (Å²) in [6, 6.07) is 13.1. The van der Waals surface area contributed by atoms with Crippen LogP contribution in [0.2, 0.25) is 0 Å². The Morgan fingerprint density at radius 3 is 2.56 bits per heavy atom. The number of thiol groups is 1. The summed E-state index contributed by atoms with van der Waals surface area (Å²) in [4.78, 5) is 16.2. The van der Waals surface area contributed by atoms with Crippen LogP contribution in [-0.2, 0) is 0 Å². The summed E-state index contributed by atoms with van der Waals surface area (Å²) in [5, 5.41) is 1.36. The van der Waals surface area contributed by atoms with Gasteiger partial charge in [0.25, 0.3) is 0 Å². The molecular weight excluding hydrogens is 218 g/mol. The van der Waals surface area contributed by atoms with Crippen LogP contribution in [0.3, 0.4) is 0 Å². The molecule has 0 spiro atoms. The Morgan fingerprint density at radius 2 is 1.69 bits per heavy atom. The molecule has 1 N–H and O–H groups in total. The van der Waals surface area contributed by atoms with Crippen molar-refractivity contribution in [2.75, 3.05) is 0 Å². The van der Waals surface area contributed by atoms with E-state index in [0.29, 0.717) is 15.7 Å². The number of fused-ring (bicyclic) bond motifs is 2. The Labute approximate surface area is 97.3 Å². The monoisotopic (exact) mass is 227 g/mol. The highest BCUT2D eigenvalue weighted by atomic mass is 32.1. The lowest BCUT2D eigenvalue weighted by Gasteiger charge is -2.03. The van der Waals surface area contributed by atoms with Crippen LogP contribution in [0.25, 0.3) is 21.8 Å². The van der Waals surface area contributed by atoms with Gasteiger partial charge in [-0.1, -0.05) is 18.2 Å². The predicted octanol–water partition coefficient (Wildman–Crippen LogP) is 2.97. The SMILES string of the molecule is O=c1c2ccccc2[nH]c2cccc(S)c12. The number of rotatable bonds is 0. The summed E-state index contributed by atoms with van der Waals surface area (Å²) in [6.45, 7) is 0. The first-order valence-electron chi connectivity index (χ1n) is 5.00. The van der Waals surface area contributed by atoms with Crippen molar-refractivity contribution in [3.63, 3.8) is 0 Å². The lowest BCUT2D eigenvalue weighted by Crippen LogP contribution is -2.04. The molecule has 78 valence electrons. The molecule has 1 heterocycles. The van der Waals surface area contributed by atoms with Gasteiger partial charge < -0.3 is 4.98 Å². The van der Waals surface area contributed by atoms with Crippen LogP contribution in [0.1, 0.15) is 0 Å². The minimum absolute atomic E-state index is 0.0370. The summed E-state index contributed by atoms with van der Waals surface area (Å²) in [6.07, 6.45) is 0. The summed E-state index contributed by atoms with van der Waals surface area (Å²) in [5.41, 5.74) is 1.73. The second-order valence-electron chi connectivity index (χ2n) is 3.70. The minimum Gasteiger partial charge on any atom is -0.354 e. The molecule has 3 rings (SSSR count). The topological polar surface area (TPSA) is 32.9 Å². The molecule has 2 nitrogen and oxygen atoms in total. The molecule has 1 aromatic heterocycles. The smallest absolute Gasteiger partial charge is 0.198 e. The molecule has 3 heteroatoms. The third kappa shape index (κ3) is 1.25. The Bertz CT molecular complexity index is 746. The van der Waals surface area contributed by atoms with Gasteiger partial charge in [-0.25, -0.2) is 0 Å². The van der Waals surface area contributed by atoms with Crippen molar-refractivity contribution in [1.29, 1.82) is 0 Å². The van der Waals surface area contributed by atoms with Gasteiger partial charge in [-0.3, -0.25) is 4.79 Å². The van der Waals surface area contributed by atoms with Crippen molar-refractivity contribution >= 4 is 34.4 Å². The average Bonchev–Trinajstić information content (AvgIpc) is 2.29. The Balaban J connectivity index is 2.67. The van der Waals surface area contributed by atoms with Gasteiger partial charge in [0.1, 0.15) is 0 Å². The molecule has 2 aromatic carbocycles. The second-order valence-corrected chi connectivity index (χ2v) is 4.18. The average molecular weight is 227 g/mol. The van der Waals surface area contributed by atoms with E-state index in [1.54, 1.807) is 0 Å². The first kappa shape index (κ1) is 9.48. The second kappa shape index (κ2) is 3.39. The number of hydrogen-bond acceptors (Lipinski definition) is 2. The molecule has 0 unspecified atom stereocenters. The van der Waals surface area contributed by atoms with Crippen LogP contribution < -0.4 is 5.43 Å². The van der Waals surface area contributed by atoms with Gasteiger partial charge in [-0.15, -0.1) is 12.6 Å². The molecule has 0 aliphatic rings. The van der Waals surface area contributed by atoms with Crippen molar-refractivity contribution in [2.45, 2.75) is 4.90 Å². The van der Waals surface area contributed by atoms with Gasteiger partial charge in [0, 0.05) is 15.8 Å². The van der Waals surface area contributed by atoms with Crippen LogP contribution in [0.5, 0.6) is 0 Å². The largest absolute Gasteiger partial charge is 0.354 e. The number of aromatic nitrogens is 1. The fourth-order valence-electron chi connectivity index (χ4n) is 1.95. The number of hydrogen-bond donors (Lipinski definition) is 2. The molecule has 0 aliphatic heterocycles. The molecule has 0 fully saturated rings. The van der Waals surface area contributed by atoms with E-state index in [0.717, 1.165) is 11.0 Å². The summed E-state index contributed by atoms with van der Waals surface area (Å²) >= 11 is 4.33. The molecule has 0 radical (unpaired) electrons. The lowest BCUT2D eigenvalue weighted by molar-refractivity contribution is 1.43. The summed E-state index contributed by atoms with van der Waals surface area (Å²) < 4.78 is 0. The number of benzene rings is 2. The molecule has 3 aromatic rings. The minimum atomic E-state index is 0.0370. The van der Waals surface area contributed by atoms with Gasteiger partial charge in [0.15, 0.2) is 5.43 Å². The third-order valence-corrected chi connectivity index (χ3v) is 3.08. The maximum absolute atomic E-state index is 12.2. The molecule has 0 aliphatic carbocycles. The van der Waals surface area contributed by atoms with Gasteiger partial charge in [0.2, 0.25) is 0 Å². The van der Waals surface area contributed by atoms with E-state index >= 15 is 0 Å². The number of para-hydroxylation sites is 1. The highest BCUT2D eigenvalue weighted by Crippen LogP contribution is 2.19. The molecule has 0 saturated heterocycles.